The lowest BCUT2D eigenvalue weighted by Crippen LogP contribution is -2.61. The van der Waals surface area contributed by atoms with Gasteiger partial charge in [0.2, 0.25) is 23.6 Å². The van der Waals surface area contributed by atoms with Crippen LogP contribution in [0.15, 0.2) is 140 Å². The maximum absolute atomic E-state index is 15.2. The van der Waals surface area contributed by atoms with E-state index in [-0.39, 0.29) is 49.7 Å². The number of rotatable bonds is 17. The number of carbonyl (C=O) groups excluding carboxylic acids is 7. The fourth-order valence-corrected chi connectivity index (χ4v) is 12.5. The molecule has 76 heavy (non-hydrogen) atoms. The van der Waals surface area contributed by atoms with Gasteiger partial charge in [-0.3, -0.25) is 38.5 Å². The first-order valence-corrected chi connectivity index (χ1v) is 26.4. The summed E-state index contributed by atoms with van der Waals surface area (Å²) in [5.74, 6) is -5.33. The molecule has 5 aliphatic heterocycles. The fourth-order valence-electron chi connectivity index (χ4n) is 12.0. The van der Waals surface area contributed by atoms with E-state index in [9.17, 15) is 33.9 Å². The maximum atomic E-state index is 15.2. The van der Waals surface area contributed by atoms with Crippen molar-refractivity contribution < 1.29 is 57.6 Å². The second-order valence-electron chi connectivity index (χ2n) is 19.6. The van der Waals surface area contributed by atoms with Crippen LogP contribution in [0, 0.1) is 15.4 Å². The molecule has 4 amide bonds. The summed E-state index contributed by atoms with van der Waals surface area (Å²) < 4.78 is 25.1. The molecule has 18 heteroatoms. The Morgan fingerprint density at radius 1 is 0.816 bits per heavy atom. The molecule has 10 rings (SSSR count). The number of halogens is 1. The van der Waals surface area contributed by atoms with E-state index in [4.69, 9.17) is 18.9 Å². The van der Waals surface area contributed by atoms with E-state index < -0.39 is 83.4 Å². The summed E-state index contributed by atoms with van der Waals surface area (Å²) in [7, 11) is 0. The van der Waals surface area contributed by atoms with Gasteiger partial charge in [-0.2, -0.15) is 0 Å². The molecule has 0 aromatic heterocycles. The molecular formula is C58H56IN5O12. The lowest BCUT2D eigenvalue weighted by atomic mass is 9.65. The molecule has 0 unspecified atom stereocenters. The zero-order valence-electron chi connectivity index (χ0n) is 41.5. The molecule has 4 fully saturated rings. The van der Waals surface area contributed by atoms with Crippen molar-refractivity contribution in [3.05, 3.63) is 171 Å². The van der Waals surface area contributed by atoms with E-state index in [1.807, 2.05) is 77.7 Å². The van der Waals surface area contributed by atoms with E-state index >= 15 is 4.79 Å². The SMILES string of the molecule is C=CCOC(=O)[C@@H]1[C@H]2C(=O)O[C@H](c3ccccc3)[C@H](c3ccccc3)N2[C@H](c2ccc(OCCOC(=O)[C@@H]3C[C@@H]4C(=O)N[C@@H](CCCCNC(C)=O)C(=O)N4[C@@H]3c3ccc(O)cc3)cc2)[C@@]12C(=O)Nc1ccc(I)cc12. The number of cyclic esters (lactones) is 1. The van der Waals surface area contributed by atoms with Crippen LogP contribution in [0.4, 0.5) is 5.69 Å². The van der Waals surface area contributed by atoms with Crippen LogP contribution in [0.25, 0.3) is 0 Å². The quantitative estimate of drug-likeness (QED) is 0.0251. The molecule has 5 aromatic carbocycles. The highest BCUT2D eigenvalue weighted by atomic mass is 127. The van der Waals surface area contributed by atoms with Crippen LogP contribution in [0.3, 0.4) is 0 Å². The molecule has 4 N–H and O–H groups in total. The van der Waals surface area contributed by atoms with E-state index in [2.05, 4.69) is 45.1 Å². The van der Waals surface area contributed by atoms with Gasteiger partial charge in [0, 0.05) is 22.7 Å². The van der Waals surface area contributed by atoms with Crippen LogP contribution in [0.2, 0.25) is 0 Å². The number of anilines is 1. The first-order chi connectivity index (χ1) is 36.8. The number of hydrogen-bond donors (Lipinski definition) is 4. The minimum atomic E-state index is -1.72. The van der Waals surface area contributed by atoms with Crippen LogP contribution >= 0.6 is 22.6 Å². The lowest BCUT2D eigenvalue weighted by Gasteiger charge is -2.46. The molecule has 4 saturated heterocycles. The highest BCUT2D eigenvalue weighted by molar-refractivity contribution is 14.1. The number of nitrogens with one attached hydrogen (secondary N) is 3. The molecule has 5 aromatic rings. The minimum absolute atomic E-state index is 0.00381. The van der Waals surface area contributed by atoms with Crippen LogP contribution in [-0.4, -0.2) is 101 Å². The van der Waals surface area contributed by atoms with Crippen molar-refractivity contribution in [2.24, 2.45) is 11.8 Å². The largest absolute Gasteiger partial charge is 0.508 e. The standard InChI is InChI=1S/C58H56IN5O12/c1-3-28-74-55(70)46-49-56(71)76-50(36-14-8-5-9-15-36)48(34-12-6-4-7-13-34)64(49)51(58(46)42-31-38(59)21-26-43(42)62-57(58)72)37-19-24-40(25-20-37)73-29-30-75-54(69)41-32-45-52(67)61-44(16-10-11-27-60-33(2)65)53(68)63(45)47(41)35-17-22-39(66)23-18-35/h3-9,12-15,17-26,31,41,44-51,66H,1,10-11,16,27-30,32H2,2H3,(H,60,65)(H,61,67)(H,62,72)/t41-,44+,45-,46+,47-,48+,49+,50-,51-,58+/m1/s1. The molecule has 5 aliphatic rings. The molecule has 17 nitrogen and oxygen atoms in total. The third-order valence-electron chi connectivity index (χ3n) is 15.2. The number of phenols is 1. The predicted octanol–water partition coefficient (Wildman–Crippen LogP) is 6.68. The molecular weight excluding hydrogens is 1090 g/mol. The Morgan fingerprint density at radius 2 is 1.50 bits per heavy atom. The topological polar surface area (TPSA) is 219 Å². The number of aromatic hydroxyl groups is 1. The van der Waals surface area contributed by atoms with E-state index in [1.54, 1.807) is 42.5 Å². The van der Waals surface area contributed by atoms with Gasteiger partial charge in [-0.1, -0.05) is 97.6 Å². The van der Waals surface area contributed by atoms with E-state index in [0.29, 0.717) is 53.9 Å². The van der Waals surface area contributed by atoms with Crippen LogP contribution in [0.5, 0.6) is 11.5 Å². The zero-order valence-corrected chi connectivity index (χ0v) is 43.6. The average molecular weight is 1140 g/mol. The monoisotopic (exact) mass is 1140 g/mol. The number of amides is 4. The number of morpholine rings is 1. The molecule has 0 aliphatic carbocycles. The van der Waals surface area contributed by atoms with Crippen molar-refractivity contribution in [1.82, 2.24) is 20.4 Å². The number of piperazine rings is 1. The van der Waals surface area contributed by atoms with Crippen molar-refractivity contribution in [2.45, 2.75) is 80.4 Å². The summed E-state index contributed by atoms with van der Waals surface area (Å²) in [6.45, 7) is 5.18. The molecule has 0 radical (unpaired) electrons. The van der Waals surface area contributed by atoms with Gasteiger partial charge < -0.3 is 44.9 Å². The van der Waals surface area contributed by atoms with Crippen LogP contribution in [0.1, 0.15) is 84.7 Å². The van der Waals surface area contributed by atoms with Gasteiger partial charge in [-0.15, -0.1) is 0 Å². The smallest absolute Gasteiger partial charge is 0.325 e. The first kappa shape index (κ1) is 51.9. The van der Waals surface area contributed by atoms with Gasteiger partial charge in [0.25, 0.3) is 0 Å². The third kappa shape index (κ3) is 9.56. The van der Waals surface area contributed by atoms with Crippen molar-refractivity contribution in [1.29, 1.82) is 0 Å². The van der Waals surface area contributed by atoms with Gasteiger partial charge in [0.1, 0.15) is 66.9 Å². The Kier molecular flexibility index (Phi) is 15.0. The van der Waals surface area contributed by atoms with Crippen molar-refractivity contribution >= 4 is 69.8 Å². The second-order valence-corrected chi connectivity index (χ2v) is 20.8. The molecule has 392 valence electrons. The number of hydrogen-bond acceptors (Lipinski definition) is 13. The Morgan fingerprint density at radius 3 is 2.20 bits per heavy atom. The van der Waals surface area contributed by atoms with Gasteiger partial charge in [-0.05, 0) is 119 Å². The summed E-state index contributed by atoms with van der Waals surface area (Å²) in [6.07, 6.45) is 2.11. The summed E-state index contributed by atoms with van der Waals surface area (Å²) in [5, 5.41) is 18.8. The third-order valence-corrected chi connectivity index (χ3v) is 15.8. The van der Waals surface area contributed by atoms with Crippen molar-refractivity contribution in [3.8, 4) is 11.5 Å². The van der Waals surface area contributed by atoms with Gasteiger partial charge >= 0.3 is 17.9 Å². The number of carbonyl (C=O) groups is 7. The number of benzene rings is 5. The Balaban J connectivity index is 0.930. The van der Waals surface area contributed by atoms with Crippen molar-refractivity contribution in [2.75, 3.05) is 31.7 Å². The first-order valence-electron chi connectivity index (χ1n) is 25.3. The number of fused-ring (bicyclic) bond motifs is 4. The number of unbranched alkanes of at least 4 members (excludes halogenated alkanes) is 1. The summed E-state index contributed by atoms with van der Waals surface area (Å²) in [6, 6.07) is 32.1. The maximum Gasteiger partial charge on any atom is 0.325 e. The Hall–Kier alpha value is -7.58. The predicted molar refractivity (Wildman–Crippen MR) is 284 cm³/mol. The van der Waals surface area contributed by atoms with E-state index in [0.717, 1.165) is 14.7 Å². The number of nitrogens with zero attached hydrogens (tertiary/aromatic N) is 2. The van der Waals surface area contributed by atoms with Crippen LogP contribution in [-0.2, 0) is 53.2 Å². The zero-order chi connectivity index (χ0) is 53.3. The lowest BCUT2D eigenvalue weighted by molar-refractivity contribution is -0.180. The number of phenolic OH excluding ortho intramolecular Hbond substituents is 1. The van der Waals surface area contributed by atoms with E-state index in [1.165, 1.54) is 30.0 Å². The minimum Gasteiger partial charge on any atom is -0.508 e. The summed E-state index contributed by atoms with van der Waals surface area (Å²) in [4.78, 5) is 101. The second kappa shape index (κ2) is 21.9. The molecule has 0 saturated carbocycles. The van der Waals surface area contributed by atoms with Gasteiger partial charge in [0.05, 0.1) is 24.0 Å². The Labute approximate surface area is 452 Å². The highest BCUT2D eigenvalue weighted by Crippen LogP contribution is 2.65. The van der Waals surface area contributed by atoms with Crippen LogP contribution < -0.4 is 20.7 Å². The van der Waals surface area contributed by atoms with Gasteiger partial charge in [0.15, 0.2) is 0 Å². The number of esters is 3. The molecule has 10 atom stereocenters. The van der Waals surface area contributed by atoms with Crippen molar-refractivity contribution in [3.63, 3.8) is 0 Å². The fraction of sp³-hybridized carbons (Fsp3) is 0.328. The average Bonchev–Trinajstić information content (AvgIpc) is 4.27. The summed E-state index contributed by atoms with van der Waals surface area (Å²) in [5.41, 5.74) is 1.98. The number of ether oxygens (including phenoxy) is 4. The molecule has 5 heterocycles. The molecule has 1 spiro atoms. The Bertz CT molecular complexity index is 3050. The highest BCUT2D eigenvalue weighted by Gasteiger charge is 2.74. The molecule has 0 bridgehead atoms. The normalized spacial score (nSPS) is 26.3. The summed E-state index contributed by atoms with van der Waals surface area (Å²) >= 11 is 2.17. The van der Waals surface area contributed by atoms with Gasteiger partial charge in [-0.25, -0.2) is 0 Å².